The van der Waals surface area contributed by atoms with Crippen LogP contribution in [0, 0.1) is 5.41 Å². The van der Waals surface area contributed by atoms with Gasteiger partial charge in [0.2, 0.25) is 5.91 Å². The van der Waals surface area contributed by atoms with Crippen molar-refractivity contribution in [3.05, 3.63) is 0 Å². The molecule has 0 aliphatic carbocycles. The fourth-order valence-corrected chi connectivity index (χ4v) is 2.23. The summed E-state index contributed by atoms with van der Waals surface area (Å²) in [6.45, 7) is 6.86. The van der Waals surface area contributed by atoms with E-state index in [-0.39, 0.29) is 0 Å². The highest BCUT2D eigenvalue weighted by atomic mass is 16.4. The molecular formula is C14H25N3O4. The minimum atomic E-state index is -1.15. The Morgan fingerprint density at radius 2 is 1.76 bits per heavy atom. The van der Waals surface area contributed by atoms with Crippen molar-refractivity contribution in [1.82, 2.24) is 10.2 Å². The number of nitrogens with two attached hydrogens (primary N) is 1. The lowest BCUT2D eigenvalue weighted by Crippen LogP contribution is -2.62. The number of hydrogen-bond donors (Lipinski definition) is 3. The SMILES string of the molecule is CC(C)(NC(=O)N1CCCCC1C(N)=O)C(C)(C)C(=O)O. The maximum atomic E-state index is 12.4. The smallest absolute Gasteiger partial charge is 0.318 e. The molecule has 1 saturated heterocycles. The second-order valence-corrected chi connectivity index (χ2v) is 6.59. The number of urea groups is 1. The summed E-state index contributed by atoms with van der Waals surface area (Å²) in [4.78, 5) is 36.6. The van der Waals surface area contributed by atoms with E-state index in [1.54, 1.807) is 27.7 Å². The van der Waals surface area contributed by atoms with E-state index in [1.165, 1.54) is 4.90 Å². The van der Waals surface area contributed by atoms with E-state index in [0.29, 0.717) is 13.0 Å². The summed E-state index contributed by atoms with van der Waals surface area (Å²) in [5.41, 5.74) is 3.21. The third-order valence-electron chi connectivity index (χ3n) is 4.61. The number of carboxylic acids is 1. The number of piperidine rings is 1. The predicted molar refractivity (Wildman–Crippen MR) is 77.6 cm³/mol. The summed E-state index contributed by atoms with van der Waals surface area (Å²) in [6, 6.07) is -1.07. The van der Waals surface area contributed by atoms with E-state index in [2.05, 4.69) is 5.32 Å². The third kappa shape index (κ3) is 3.46. The number of likely N-dealkylation sites (tertiary alicyclic amines) is 1. The van der Waals surface area contributed by atoms with E-state index in [9.17, 15) is 19.5 Å². The molecule has 7 heteroatoms. The zero-order valence-electron chi connectivity index (χ0n) is 13.1. The van der Waals surface area contributed by atoms with Gasteiger partial charge in [0.15, 0.2) is 0 Å². The minimum Gasteiger partial charge on any atom is -0.481 e. The highest BCUT2D eigenvalue weighted by molar-refractivity contribution is 5.87. The number of nitrogens with zero attached hydrogens (tertiary/aromatic N) is 1. The van der Waals surface area contributed by atoms with E-state index in [1.807, 2.05) is 0 Å². The minimum absolute atomic E-state index is 0.446. The second kappa shape index (κ2) is 5.91. The molecule has 1 unspecified atom stereocenters. The third-order valence-corrected chi connectivity index (χ3v) is 4.61. The molecule has 0 spiro atoms. The zero-order valence-corrected chi connectivity index (χ0v) is 13.1. The number of carboxylic acid groups (broad SMARTS) is 1. The van der Waals surface area contributed by atoms with Gasteiger partial charge in [-0.25, -0.2) is 4.79 Å². The van der Waals surface area contributed by atoms with Crippen molar-refractivity contribution >= 4 is 17.9 Å². The van der Waals surface area contributed by atoms with Crippen LogP contribution >= 0.6 is 0 Å². The molecular weight excluding hydrogens is 274 g/mol. The Kier molecular flexibility index (Phi) is 4.86. The lowest BCUT2D eigenvalue weighted by molar-refractivity contribution is -0.150. The highest BCUT2D eigenvalue weighted by Gasteiger charge is 2.45. The Balaban J connectivity index is 2.88. The van der Waals surface area contributed by atoms with Crippen molar-refractivity contribution in [1.29, 1.82) is 0 Å². The molecule has 1 rings (SSSR count). The Bertz CT molecular complexity index is 446. The Hall–Kier alpha value is -1.79. The van der Waals surface area contributed by atoms with E-state index in [4.69, 9.17) is 5.73 Å². The first-order valence-corrected chi connectivity index (χ1v) is 7.12. The number of nitrogens with one attached hydrogen (secondary N) is 1. The number of rotatable bonds is 4. The van der Waals surface area contributed by atoms with Crippen molar-refractivity contribution in [3.63, 3.8) is 0 Å². The predicted octanol–water partition coefficient (Wildman–Crippen LogP) is 0.925. The molecule has 0 bridgehead atoms. The molecule has 1 fully saturated rings. The van der Waals surface area contributed by atoms with Crippen molar-refractivity contribution in [2.75, 3.05) is 6.54 Å². The Morgan fingerprint density at radius 3 is 2.24 bits per heavy atom. The standard InChI is InChI=1S/C14H25N3O4/c1-13(2,11(19)20)14(3,4)16-12(21)17-8-6-5-7-9(17)10(15)18/h9H,5-8H2,1-4H3,(H2,15,18)(H,16,21)(H,19,20). The van der Waals surface area contributed by atoms with Gasteiger partial charge in [-0.3, -0.25) is 9.59 Å². The van der Waals surface area contributed by atoms with Crippen molar-refractivity contribution in [2.45, 2.75) is 58.5 Å². The highest BCUT2D eigenvalue weighted by Crippen LogP contribution is 2.31. The molecule has 3 amide bonds. The van der Waals surface area contributed by atoms with E-state index < -0.39 is 34.9 Å². The van der Waals surface area contributed by atoms with Crippen molar-refractivity contribution in [2.24, 2.45) is 11.1 Å². The number of aliphatic carboxylic acids is 1. The lowest BCUT2D eigenvalue weighted by Gasteiger charge is -2.42. The molecule has 0 radical (unpaired) electrons. The monoisotopic (exact) mass is 299 g/mol. The lowest BCUT2D eigenvalue weighted by atomic mass is 9.74. The van der Waals surface area contributed by atoms with Gasteiger partial charge in [0.05, 0.1) is 11.0 Å². The molecule has 1 aliphatic heterocycles. The first-order valence-electron chi connectivity index (χ1n) is 7.12. The first-order chi connectivity index (χ1) is 9.50. The van der Waals surface area contributed by atoms with Crippen LogP contribution in [0.15, 0.2) is 0 Å². The Labute approximate surface area is 124 Å². The molecule has 4 N–H and O–H groups in total. The summed E-state index contributed by atoms with van der Waals surface area (Å²) in [5.74, 6) is -1.53. The fraction of sp³-hybridized carbons (Fsp3) is 0.786. The van der Waals surface area contributed by atoms with Gasteiger partial charge in [0.1, 0.15) is 6.04 Å². The topological polar surface area (TPSA) is 113 Å². The Morgan fingerprint density at radius 1 is 1.19 bits per heavy atom. The molecule has 0 saturated carbocycles. The van der Waals surface area contributed by atoms with Gasteiger partial charge in [0, 0.05) is 6.54 Å². The van der Waals surface area contributed by atoms with E-state index in [0.717, 1.165) is 12.8 Å². The fourth-order valence-electron chi connectivity index (χ4n) is 2.23. The quantitative estimate of drug-likeness (QED) is 0.716. The van der Waals surface area contributed by atoms with Crippen LogP contribution in [0.25, 0.3) is 0 Å². The maximum absolute atomic E-state index is 12.4. The summed E-state index contributed by atoms with van der Waals surface area (Å²) >= 11 is 0. The van der Waals surface area contributed by atoms with Gasteiger partial charge in [0.25, 0.3) is 0 Å². The molecule has 0 aromatic rings. The van der Waals surface area contributed by atoms with Crippen LogP contribution in [0.5, 0.6) is 0 Å². The first kappa shape index (κ1) is 17.3. The number of carbonyl (C=O) groups is 3. The summed E-state index contributed by atoms with van der Waals surface area (Å²) < 4.78 is 0. The van der Waals surface area contributed by atoms with Gasteiger partial charge in [-0.05, 0) is 47.0 Å². The van der Waals surface area contributed by atoms with Gasteiger partial charge in [-0.1, -0.05) is 0 Å². The average molecular weight is 299 g/mol. The summed E-state index contributed by atoms with van der Waals surface area (Å²) in [7, 11) is 0. The van der Waals surface area contributed by atoms with Gasteiger partial charge < -0.3 is 21.1 Å². The molecule has 1 heterocycles. The van der Waals surface area contributed by atoms with Crippen LogP contribution in [0.2, 0.25) is 0 Å². The summed E-state index contributed by atoms with van der Waals surface area (Å²) in [6.07, 6.45) is 2.20. The van der Waals surface area contributed by atoms with Crippen molar-refractivity contribution in [3.8, 4) is 0 Å². The van der Waals surface area contributed by atoms with Crippen LogP contribution in [-0.2, 0) is 9.59 Å². The van der Waals surface area contributed by atoms with Crippen molar-refractivity contribution < 1.29 is 19.5 Å². The zero-order chi connectivity index (χ0) is 16.4. The molecule has 7 nitrogen and oxygen atoms in total. The van der Waals surface area contributed by atoms with Crippen LogP contribution in [0.3, 0.4) is 0 Å². The van der Waals surface area contributed by atoms with Crippen LogP contribution in [0.1, 0.15) is 47.0 Å². The normalized spacial score (nSPS) is 20.0. The van der Waals surface area contributed by atoms with Gasteiger partial charge in [-0.2, -0.15) is 0 Å². The number of carbonyl (C=O) groups excluding carboxylic acids is 2. The molecule has 0 aromatic heterocycles. The van der Waals surface area contributed by atoms with Crippen LogP contribution in [0.4, 0.5) is 4.79 Å². The molecule has 120 valence electrons. The second-order valence-electron chi connectivity index (χ2n) is 6.59. The van der Waals surface area contributed by atoms with Crippen LogP contribution in [-0.4, -0.2) is 46.0 Å². The maximum Gasteiger partial charge on any atom is 0.318 e. The number of hydrogen-bond acceptors (Lipinski definition) is 3. The molecule has 1 atom stereocenters. The van der Waals surface area contributed by atoms with Crippen LogP contribution < -0.4 is 11.1 Å². The summed E-state index contributed by atoms with van der Waals surface area (Å²) in [5, 5.41) is 12.0. The van der Waals surface area contributed by atoms with E-state index >= 15 is 0 Å². The van der Waals surface area contributed by atoms with Gasteiger partial charge in [-0.15, -0.1) is 0 Å². The molecule has 1 aliphatic rings. The molecule has 21 heavy (non-hydrogen) atoms. The average Bonchev–Trinajstić information content (AvgIpc) is 2.37. The largest absolute Gasteiger partial charge is 0.481 e. The van der Waals surface area contributed by atoms with Gasteiger partial charge >= 0.3 is 12.0 Å². The number of amides is 3. The molecule has 0 aromatic carbocycles. The number of primary amides is 1.